The highest BCUT2D eigenvalue weighted by Gasteiger charge is 2.33. The maximum atomic E-state index is 6.31. The third kappa shape index (κ3) is 6.91. The van der Waals surface area contributed by atoms with Crippen LogP contribution in [0.25, 0.3) is 0 Å². The Labute approximate surface area is 118 Å². The van der Waals surface area contributed by atoms with Crippen molar-refractivity contribution in [2.75, 3.05) is 0 Å². The monoisotopic (exact) mass is 326 g/mol. The van der Waals surface area contributed by atoms with Crippen molar-refractivity contribution in [2.24, 2.45) is 9.32 Å². The molecule has 0 saturated heterocycles. The van der Waals surface area contributed by atoms with E-state index in [9.17, 15) is 0 Å². The first kappa shape index (κ1) is 17.6. The van der Waals surface area contributed by atoms with Gasteiger partial charge in [-0.25, -0.2) is 0 Å². The first-order valence-electron chi connectivity index (χ1n) is 5.77. The van der Waals surface area contributed by atoms with Gasteiger partial charge in [0.25, 0.3) is 0 Å². The topological polar surface area (TPSA) is 24.7 Å². The van der Waals surface area contributed by atoms with E-state index >= 15 is 0 Å². The minimum Gasteiger partial charge on any atom is -0.283 e. The maximum Gasteiger partial charge on any atom is 0.505 e. The van der Waals surface area contributed by atoms with Crippen molar-refractivity contribution < 1.29 is 0 Å². The molecule has 0 rings (SSSR count). The lowest BCUT2D eigenvalue weighted by molar-refractivity contribution is 1.59. The Morgan fingerprint density at radius 3 is 1.12 bits per heavy atom. The molecule has 0 fully saturated rings. The molecule has 100 valence electrons. The summed E-state index contributed by atoms with van der Waals surface area (Å²) in [6, 6.07) is 0. The van der Waals surface area contributed by atoms with Gasteiger partial charge in [-0.05, 0) is 24.5 Å². The summed E-state index contributed by atoms with van der Waals surface area (Å²) in [6.07, 6.45) is 0. The molecule has 0 atom stereocenters. The molecular weight excluding hydrogens is 303 g/mol. The van der Waals surface area contributed by atoms with Crippen LogP contribution in [-0.4, -0.2) is 33.8 Å². The van der Waals surface area contributed by atoms with Gasteiger partial charge in [-0.1, -0.05) is 61.4 Å². The van der Waals surface area contributed by atoms with E-state index in [0.717, 1.165) is 10.7 Å². The summed E-state index contributed by atoms with van der Waals surface area (Å²) in [6.45, 7) is 17.5. The molecule has 0 aliphatic rings. The van der Waals surface area contributed by atoms with Gasteiger partial charge in [-0.2, -0.15) is 0 Å². The molecule has 0 aromatic heterocycles. The Morgan fingerprint density at radius 2 is 0.941 bits per heavy atom. The zero-order valence-electron chi connectivity index (χ0n) is 12.2. The van der Waals surface area contributed by atoms with Crippen LogP contribution < -0.4 is 0 Å². The van der Waals surface area contributed by atoms with E-state index in [1.54, 1.807) is 0 Å². The maximum absolute atomic E-state index is 6.31. The fourth-order valence-electron chi connectivity index (χ4n) is 0.764. The van der Waals surface area contributed by atoms with Crippen molar-refractivity contribution in [3.63, 3.8) is 0 Å². The molecule has 0 aromatic carbocycles. The molecule has 0 radical (unpaired) electrons. The van der Waals surface area contributed by atoms with Crippen LogP contribution in [0.5, 0.6) is 0 Å². The Morgan fingerprint density at radius 1 is 0.706 bits per heavy atom. The van der Waals surface area contributed by atoms with E-state index in [2.05, 4.69) is 48.6 Å². The zero-order chi connectivity index (χ0) is 14.1. The molecule has 0 bridgehead atoms. The summed E-state index contributed by atoms with van der Waals surface area (Å²) in [5.74, 6) is 0. The number of rotatable bonds is 4. The molecule has 0 spiro atoms. The van der Waals surface area contributed by atoms with E-state index < -0.39 is 23.2 Å². The summed E-state index contributed by atoms with van der Waals surface area (Å²) in [4.78, 5) is 0. The van der Waals surface area contributed by atoms with Crippen molar-refractivity contribution >= 4 is 56.0 Å². The van der Waals surface area contributed by atoms with Gasteiger partial charge in [0, 0.05) is 0 Å². The summed E-state index contributed by atoms with van der Waals surface area (Å²) in [5, 5.41) is 2.20. The lowest BCUT2D eigenvalue weighted by atomic mass is 10.9. The number of hydrogen-bond donors (Lipinski definition) is 0. The predicted molar refractivity (Wildman–Crippen MR) is 90.4 cm³/mol. The second kappa shape index (κ2) is 5.69. The molecule has 0 aliphatic heterocycles. The highest BCUT2D eigenvalue weighted by atomic mass is 35.7. The van der Waals surface area contributed by atoms with Crippen molar-refractivity contribution in [1.29, 1.82) is 0 Å². The van der Waals surface area contributed by atoms with E-state index in [4.69, 9.17) is 22.2 Å². The Hall–Kier alpha value is 0.571. The van der Waals surface area contributed by atoms with Crippen LogP contribution in [0.2, 0.25) is 39.3 Å². The van der Waals surface area contributed by atoms with Gasteiger partial charge in [0.1, 0.15) is 0 Å². The molecule has 0 aromatic rings. The summed E-state index contributed by atoms with van der Waals surface area (Å²) in [7, 11) is -5.68. The van der Waals surface area contributed by atoms with Gasteiger partial charge >= 0.3 is 7.02 Å². The fraction of sp³-hybridized carbons (Fsp3) is 0.800. The number of nitrogens with zero attached hydrogens (tertiary/aromatic N) is 2. The Kier molecular flexibility index (Phi) is 5.88. The summed E-state index contributed by atoms with van der Waals surface area (Å²) < 4.78 is 9.03. The van der Waals surface area contributed by atoms with Crippen molar-refractivity contribution in [1.82, 2.24) is 0 Å². The van der Waals surface area contributed by atoms with Crippen molar-refractivity contribution in [3.05, 3.63) is 0 Å². The van der Waals surface area contributed by atoms with Crippen LogP contribution in [0.4, 0.5) is 0 Å². The van der Waals surface area contributed by atoms with E-state index in [-0.39, 0.29) is 0 Å². The summed E-state index contributed by atoms with van der Waals surface area (Å²) in [5.41, 5.74) is 0. The van der Waals surface area contributed by atoms with Gasteiger partial charge in [0.15, 0.2) is 0 Å². The van der Waals surface area contributed by atoms with Crippen LogP contribution >= 0.6 is 22.2 Å². The average molecular weight is 327 g/mol. The average Bonchev–Trinajstić information content (AvgIpc) is 1.97. The quantitative estimate of drug-likeness (QED) is 0.410. The molecular formula is C10H24Cl2N2Si3. The van der Waals surface area contributed by atoms with Gasteiger partial charge < -0.3 is 0 Å². The zero-order valence-corrected chi connectivity index (χ0v) is 16.7. The molecule has 0 heterocycles. The largest absolute Gasteiger partial charge is 0.505 e. The molecule has 2 nitrogen and oxygen atoms in total. The Bertz CT molecular complexity index is 306. The molecule has 0 amide bonds. The van der Waals surface area contributed by atoms with Gasteiger partial charge in [0.05, 0.1) is 16.1 Å². The SMILES string of the molecule is CC(=N[Si](Cl)(Cl)N=C(C)[Si](C)(C)C)[Si](C)(C)C. The van der Waals surface area contributed by atoms with E-state index in [1.807, 2.05) is 13.8 Å². The second-order valence-corrected chi connectivity index (χ2v) is 22.1. The predicted octanol–water partition coefficient (Wildman–Crippen LogP) is 4.58. The van der Waals surface area contributed by atoms with Crippen LogP contribution in [0.1, 0.15) is 13.8 Å². The molecule has 17 heavy (non-hydrogen) atoms. The van der Waals surface area contributed by atoms with E-state index in [0.29, 0.717) is 0 Å². The van der Waals surface area contributed by atoms with Crippen LogP contribution in [0, 0.1) is 0 Å². The fourth-order valence-corrected chi connectivity index (χ4v) is 7.65. The van der Waals surface area contributed by atoms with E-state index in [1.165, 1.54) is 0 Å². The molecule has 0 aliphatic carbocycles. The number of halogens is 2. The third-order valence-electron chi connectivity index (χ3n) is 2.78. The minimum atomic E-state index is -2.86. The number of hydrogen-bond acceptors (Lipinski definition) is 2. The highest BCUT2D eigenvalue weighted by molar-refractivity contribution is 7.45. The molecule has 0 unspecified atom stereocenters. The van der Waals surface area contributed by atoms with Gasteiger partial charge in [-0.3, -0.25) is 9.32 Å². The summed E-state index contributed by atoms with van der Waals surface area (Å²) >= 11 is 12.6. The molecule has 0 saturated carbocycles. The second-order valence-electron chi connectivity index (χ2n) is 6.40. The molecule has 7 heteroatoms. The first-order valence-corrected chi connectivity index (χ1v) is 16.7. The Balaban J connectivity index is 5.20. The van der Waals surface area contributed by atoms with Crippen LogP contribution in [0.15, 0.2) is 9.32 Å². The first-order chi connectivity index (χ1) is 7.26. The molecule has 0 N–H and O–H groups in total. The van der Waals surface area contributed by atoms with Gasteiger partial charge in [0.2, 0.25) is 0 Å². The van der Waals surface area contributed by atoms with Crippen LogP contribution in [0.3, 0.4) is 0 Å². The smallest absolute Gasteiger partial charge is 0.283 e. The van der Waals surface area contributed by atoms with Crippen molar-refractivity contribution in [3.8, 4) is 0 Å². The van der Waals surface area contributed by atoms with Gasteiger partial charge in [-0.15, -0.1) is 0 Å². The third-order valence-corrected chi connectivity index (χ3v) is 10.0. The standard InChI is InChI=1S/C10H24Cl2N2Si3/c1-9(15(3,4)5)13-17(11,12)14-10(2)16(6,7)8/h1-8H3. The normalized spacial score (nSPS) is 16.4. The minimum absolute atomic E-state index is 1.10. The lowest BCUT2D eigenvalue weighted by Gasteiger charge is -2.21. The lowest BCUT2D eigenvalue weighted by Crippen LogP contribution is -2.37. The van der Waals surface area contributed by atoms with Crippen LogP contribution in [-0.2, 0) is 0 Å². The highest BCUT2D eigenvalue weighted by Crippen LogP contribution is 2.22. The van der Waals surface area contributed by atoms with Crippen molar-refractivity contribution in [2.45, 2.75) is 53.1 Å².